The van der Waals surface area contributed by atoms with Crippen LogP contribution in [-0.2, 0) is 11.8 Å². The average Bonchev–Trinajstić information content (AvgIpc) is 2.43. The zero-order chi connectivity index (χ0) is 13.9. The van der Waals surface area contributed by atoms with E-state index in [-0.39, 0.29) is 5.41 Å². The summed E-state index contributed by atoms with van der Waals surface area (Å²) in [4.78, 5) is 0. The predicted molar refractivity (Wildman–Crippen MR) is 83.0 cm³/mol. The van der Waals surface area contributed by atoms with Crippen molar-refractivity contribution in [3.8, 4) is 0 Å². The van der Waals surface area contributed by atoms with Crippen molar-refractivity contribution in [2.45, 2.75) is 18.8 Å². The summed E-state index contributed by atoms with van der Waals surface area (Å²) in [6, 6.07) is 15.9. The Morgan fingerprint density at radius 3 is 2.32 bits per heavy atom. The Hall–Kier alpha value is -1.02. The average molecular weight is 294 g/mol. The van der Waals surface area contributed by atoms with Crippen molar-refractivity contribution in [3.63, 3.8) is 0 Å². The molecule has 19 heavy (non-hydrogen) atoms. The van der Waals surface area contributed by atoms with E-state index < -0.39 is 0 Å². The van der Waals surface area contributed by atoms with Crippen LogP contribution in [0, 0.1) is 0 Å². The van der Waals surface area contributed by atoms with Gasteiger partial charge in [-0.2, -0.15) is 0 Å². The summed E-state index contributed by atoms with van der Waals surface area (Å²) < 4.78 is 0. The summed E-state index contributed by atoms with van der Waals surface area (Å²) in [6.45, 7) is 2.73. The molecule has 1 nitrogen and oxygen atoms in total. The molecule has 3 heteroatoms. The van der Waals surface area contributed by atoms with E-state index in [0.717, 1.165) is 12.0 Å². The van der Waals surface area contributed by atoms with Crippen LogP contribution in [0.25, 0.3) is 0 Å². The molecule has 0 radical (unpaired) electrons. The van der Waals surface area contributed by atoms with Gasteiger partial charge in [-0.25, -0.2) is 0 Å². The third-order valence-corrected chi connectivity index (χ3v) is 4.10. The highest BCUT2D eigenvalue weighted by molar-refractivity contribution is 6.35. The summed E-state index contributed by atoms with van der Waals surface area (Å²) in [7, 11) is 0. The first-order valence-electron chi connectivity index (χ1n) is 6.25. The van der Waals surface area contributed by atoms with E-state index in [1.807, 2.05) is 30.3 Å². The van der Waals surface area contributed by atoms with Crippen molar-refractivity contribution in [2.75, 3.05) is 6.54 Å². The second-order valence-corrected chi connectivity index (χ2v) is 5.89. The van der Waals surface area contributed by atoms with Crippen molar-refractivity contribution in [3.05, 3.63) is 69.7 Å². The molecule has 0 spiro atoms. The SMILES string of the molecule is CC(CN)(Cc1ccc(Cl)cc1Cl)c1ccccc1. The van der Waals surface area contributed by atoms with Gasteiger partial charge in [-0.3, -0.25) is 0 Å². The van der Waals surface area contributed by atoms with Crippen LogP contribution in [0.1, 0.15) is 18.1 Å². The lowest BCUT2D eigenvalue weighted by atomic mass is 9.77. The van der Waals surface area contributed by atoms with Crippen LogP contribution >= 0.6 is 23.2 Å². The molecular weight excluding hydrogens is 277 g/mol. The summed E-state index contributed by atoms with van der Waals surface area (Å²) in [5.41, 5.74) is 8.17. The molecule has 2 rings (SSSR count). The van der Waals surface area contributed by atoms with Gasteiger partial charge < -0.3 is 5.73 Å². The second-order valence-electron chi connectivity index (χ2n) is 5.04. The highest BCUT2D eigenvalue weighted by atomic mass is 35.5. The van der Waals surface area contributed by atoms with Gasteiger partial charge in [0.1, 0.15) is 0 Å². The standard InChI is InChI=1S/C16H17Cl2N/c1-16(11-19,13-5-3-2-4-6-13)10-12-7-8-14(17)9-15(12)18/h2-9H,10-11,19H2,1H3. The van der Waals surface area contributed by atoms with E-state index in [0.29, 0.717) is 16.6 Å². The lowest BCUT2D eigenvalue weighted by Gasteiger charge is -2.29. The molecule has 1 atom stereocenters. The van der Waals surface area contributed by atoms with Gasteiger partial charge in [-0.15, -0.1) is 0 Å². The number of halogens is 2. The molecule has 0 aliphatic carbocycles. The number of hydrogen-bond donors (Lipinski definition) is 1. The Bertz CT molecular complexity index is 554. The Morgan fingerprint density at radius 2 is 1.74 bits per heavy atom. The van der Waals surface area contributed by atoms with E-state index in [4.69, 9.17) is 28.9 Å². The minimum atomic E-state index is -0.126. The van der Waals surface area contributed by atoms with E-state index in [9.17, 15) is 0 Å². The van der Waals surface area contributed by atoms with Crippen molar-refractivity contribution in [1.29, 1.82) is 0 Å². The molecule has 2 aromatic carbocycles. The molecule has 0 aromatic heterocycles. The van der Waals surface area contributed by atoms with Crippen molar-refractivity contribution >= 4 is 23.2 Å². The first-order chi connectivity index (χ1) is 9.05. The van der Waals surface area contributed by atoms with Gasteiger partial charge >= 0.3 is 0 Å². The fraction of sp³-hybridized carbons (Fsp3) is 0.250. The number of benzene rings is 2. The Labute approximate surface area is 124 Å². The molecule has 0 amide bonds. The third kappa shape index (κ3) is 3.30. The molecular formula is C16H17Cl2N. The zero-order valence-corrected chi connectivity index (χ0v) is 12.4. The smallest absolute Gasteiger partial charge is 0.0453 e. The predicted octanol–water partition coefficient (Wildman–Crippen LogP) is 4.45. The molecule has 0 aliphatic rings. The fourth-order valence-corrected chi connectivity index (χ4v) is 2.69. The van der Waals surface area contributed by atoms with Gasteiger partial charge in [0.2, 0.25) is 0 Å². The molecule has 2 aromatic rings. The van der Waals surface area contributed by atoms with Gasteiger partial charge in [0.05, 0.1) is 0 Å². The van der Waals surface area contributed by atoms with Gasteiger partial charge in [-0.1, -0.05) is 66.5 Å². The zero-order valence-electron chi connectivity index (χ0n) is 10.9. The molecule has 0 saturated heterocycles. The summed E-state index contributed by atoms with van der Waals surface area (Å²) in [5, 5.41) is 1.35. The van der Waals surface area contributed by atoms with Crippen LogP contribution in [-0.4, -0.2) is 6.54 Å². The molecule has 0 heterocycles. The lowest BCUT2D eigenvalue weighted by Crippen LogP contribution is -2.34. The highest BCUT2D eigenvalue weighted by Gasteiger charge is 2.26. The van der Waals surface area contributed by atoms with Crippen molar-refractivity contribution < 1.29 is 0 Å². The Kier molecular flexibility index (Phi) is 4.51. The van der Waals surface area contributed by atoms with Gasteiger partial charge in [0.15, 0.2) is 0 Å². The maximum absolute atomic E-state index is 6.25. The minimum absolute atomic E-state index is 0.126. The highest BCUT2D eigenvalue weighted by Crippen LogP contribution is 2.31. The molecule has 0 saturated carbocycles. The van der Waals surface area contributed by atoms with E-state index in [1.54, 1.807) is 6.07 Å². The van der Waals surface area contributed by atoms with E-state index in [1.165, 1.54) is 5.56 Å². The Balaban J connectivity index is 2.33. The van der Waals surface area contributed by atoms with E-state index in [2.05, 4.69) is 19.1 Å². The van der Waals surface area contributed by atoms with Crippen LogP contribution in [0.15, 0.2) is 48.5 Å². The monoisotopic (exact) mass is 293 g/mol. The van der Waals surface area contributed by atoms with Crippen LogP contribution in [0.2, 0.25) is 10.0 Å². The number of nitrogens with two attached hydrogens (primary N) is 1. The van der Waals surface area contributed by atoms with Crippen LogP contribution in [0.5, 0.6) is 0 Å². The molecule has 100 valence electrons. The van der Waals surface area contributed by atoms with Crippen LogP contribution in [0.3, 0.4) is 0 Å². The first-order valence-corrected chi connectivity index (χ1v) is 7.00. The number of rotatable bonds is 4. The third-order valence-electron chi connectivity index (χ3n) is 3.52. The molecule has 2 N–H and O–H groups in total. The maximum Gasteiger partial charge on any atom is 0.0453 e. The second kappa shape index (κ2) is 5.96. The normalized spacial score (nSPS) is 14.1. The molecule has 0 bridgehead atoms. The summed E-state index contributed by atoms with van der Waals surface area (Å²) >= 11 is 12.2. The van der Waals surface area contributed by atoms with Crippen molar-refractivity contribution in [1.82, 2.24) is 0 Å². The summed E-state index contributed by atoms with van der Waals surface area (Å²) in [5.74, 6) is 0. The van der Waals surface area contributed by atoms with Crippen LogP contribution < -0.4 is 5.73 Å². The first kappa shape index (κ1) is 14.4. The number of hydrogen-bond acceptors (Lipinski definition) is 1. The van der Waals surface area contributed by atoms with Gasteiger partial charge in [0.25, 0.3) is 0 Å². The topological polar surface area (TPSA) is 26.0 Å². The fourth-order valence-electron chi connectivity index (χ4n) is 2.22. The minimum Gasteiger partial charge on any atom is -0.330 e. The Morgan fingerprint density at radius 1 is 1.05 bits per heavy atom. The van der Waals surface area contributed by atoms with E-state index >= 15 is 0 Å². The maximum atomic E-state index is 6.25. The van der Waals surface area contributed by atoms with Crippen molar-refractivity contribution in [2.24, 2.45) is 5.73 Å². The summed E-state index contributed by atoms with van der Waals surface area (Å²) in [6.07, 6.45) is 0.795. The van der Waals surface area contributed by atoms with Gasteiger partial charge in [-0.05, 0) is 29.7 Å². The quantitative estimate of drug-likeness (QED) is 0.885. The van der Waals surface area contributed by atoms with Crippen LogP contribution in [0.4, 0.5) is 0 Å². The molecule has 0 fully saturated rings. The molecule has 1 unspecified atom stereocenters. The lowest BCUT2D eigenvalue weighted by molar-refractivity contribution is 0.481. The molecule has 0 aliphatic heterocycles. The van der Waals surface area contributed by atoms with Gasteiger partial charge in [0, 0.05) is 22.0 Å². The largest absolute Gasteiger partial charge is 0.330 e.